The Labute approximate surface area is 143 Å². The molecule has 0 radical (unpaired) electrons. The fourth-order valence-electron chi connectivity index (χ4n) is 2.01. The maximum absolute atomic E-state index is 11.7. The topological polar surface area (TPSA) is 121 Å². The predicted octanol–water partition coefficient (Wildman–Crippen LogP) is 2.31. The molecule has 0 aromatic heterocycles. The number of hydrogen-bond donors (Lipinski definition) is 3. The summed E-state index contributed by atoms with van der Waals surface area (Å²) in [7, 11) is -4.26. The van der Waals surface area contributed by atoms with Crippen molar-refractivity contribution < 1.29 is 27.7 Å². The van der Waals surface area contributed by atoms with Crippen molar-refractivity contribution in [2.75, 3.05) is 0 Å². The first kappa shape index (κ1) is 22.3. The second-order valence-corrected chi connectivity index (χ2v) is 8.26. The second kappa shape index (κ2) is 8.98. The normalized spacial score (nSPS) is 14.1. The van der Waals surface area contributed by atoms with Crippen molar-refractivity contribution in [3.63, 3.8) is 0 Å². The van der Waals surface area contributed by atoms with Gasteiger partial charge < -0.3 is 10.4 Å². The zero-order valence-corrected chi connectivity index (χ0v) is 15.4. The first-order valence-corrected chi connectivity index (χ1v) is 9.11. The van der Waals surface area contributed by atoms with Crippen molar-refractivity contribution in [2.45, 2.75) is 64.2 Å². The zero-order chi connectivity index (χ0) is 19.1. The van der Waals surface area contributed by atoms with Crippen LogP contribution >= 0.6 is 0 Å². The zero-order valence-electron chi connectivity index (χ0n) is 14.6. The Kier molecular flexibility index (Phi) is 8.36. The Bertz CT molecular complexity index is 618. The summed E-state index contributed by atoms with van der Waals surface area (Å²) in [5.41, 5.74) is -0.187. The average Bonchev–Trinajstić information content (AvgIpc) is 2.39. The van der Waals surface area contributed by atoms with Crippen molar-refractivity contribution in [2.24, 2.45) is 0 Å². The molecule has 0 saturated carbocycles. The molecule has 138 valence electrons. The van der Waals surface area contributed by atoms with E-state index in [4.69, 9.17) is 5.11 Å². The van der Waals surface area contributed by atoms with Gasteiger partial charge in [-0.05, 0) is 53.4 Å². The monoisotopic (exact) mass is 361 g/mol. The maximum atomic E-state index is 11.7. The van der Waals surface area contributed by atoms with Crippen LogP contribution in [0.5, 0.6) is 0 Å². The van der Waals surface area contributed by atoms with E-state index in [9.17, 15) is 22.6 Å². The number of hydrogen-bond acceptors (Lipinski definition) is 4. The van der Waals surface area contributed by atoms with Crippen molar-refractivity contribution in [3.8, 4) is 0 Å². The largest absolute Gasteiger partial charge is 0.478 e. The SMILES string of the molecule is C=C(C)C(=O)NC(C)(C)CCC(CCC=C(C)C(=O)O)S(=O)(=O)O. The van der Waals surface area contributed by atoms with Gasteiger partial charge in [0.25, 0.3) is 10.1 Å². The third-order valence-corrected chi connectivity index (χ3v) is 4.94. The van der Waals surface area contributed by atoms with Crippen molar-refractivity contribution in [3.05, 3.63) is 23.8 Å². The van der Waals surface area contributed by atoms with Crippen LogP contribution in [0.2, 0.25) is 0 Å². The van der Waals surface area contributed by atoms with Gasteiger partial charge in [-0.25, -0.2) is 4.79 Å². The summed E-state index contributed by atoms with van der Waals surface area (Å²) in [6.07, 6.45) is 2.23. The van der Waals surface area contributed by atoms with Crippen LogP contribution in [0.4, 0.5) is 0 Å². The van der Waals surface area contributed by atoms with E-state index in [0.717, 1.165) is 0 Å². The fraction of sp³-hybridized carbons (Fsp3) is 0.625. The minimum atomic E-state index is -4.26. The van der Waals surface area contributed by atoms with E-state index in [-0.39, 0.29) is 30.7 Å². The standard InChI is InChI=1S/C16H27NO6S/c1-11(2)14(18)17-16(4,5)10-9-13(24(21,22)23)8-6-7-12(3)15(19)20/h7,13H,1,6,8-10H2,2-5H3,(H,17,18)(H,19,20)(H,21,22,23). The summed E-state index contributed by atoms with van der Waals surface area (Å²) >= 11 is 0. The highest BCUT2D eigenvalue weighted by molar-refractivity contribution is 7.86. The molecule has 0 aromatic carbocycles. The number of allylic oxidation sites excluding steroid dienone is 1. The molecular weight excluding hydrogens is 334 g/mol. The van der Waals surface area contributed by atoms with Gasteiger partial charge in [-0.2, -0.15) is 8.42 Å². The Morgan fingerprint density at radius 3 is 2.21 bits per heavy atom. The summed E-state index contributed by atoms with van der Waals surface area (Å²) < 4.78 is 32.4. The summed E-state index contributed by atoms with van der Waals surface area (Å²) in [5.74, 6) is -1.38. The summed E-state index contributed by atoms with van der Waals surface area (Å²) in [5, 5.41) is 10.5. The molecule has 1 atom stereocenters. The molecule has 0 rings (SSSR count). The molecule has 1 amide bonds. The minimum Gasteiger partial charge on any atom is -0.478 e. The maximum Gasteiger partial charge on any atom is 0.330 e. The number of rotatable bonds is 10. The third kappa shape index (κ3) is 8.83. The van der Waals surface area contributed by atoms with E-state index in [1.54, 1.807) is 20.8 Å². The van der Waals surface area contributed by atoms with E-state index in [1.165, 1.54) is 13.0 Å². The molecule has 0 aromatic rings. The van der Waals surface area contributed by atoms with Gasteiger partial charge in [-0.15, -0.1) is 0 Å². The number of carbonyl (C=O) groups is 2. The summed E-state index contributed by atoms with van der Waals surface area (Å²) in [4.78, 5) is 22.4. The molecule has 0 spiro atoms. The molecule has 7 nitrogen and oxygen atoms in total. The highest BCUT2D eigenvalue weighted by Crippen LogP contribution is 2.21. The van der Waals surface area contributed by atoms with Crippen LogP contribution in [0.1, 0.15) is 53.4 Å². The molecule has 24 heavy (non-hydrogen) atoms. The number of carboxylic acid groups (broad SMARTS) is 1. The van der Waals surface area contributed by atoms with E-state index in [2.05, 4.69) is 11.9 Å². The lowest BCUT2D eigenvalue weighted by molar-refractivity contribution is -0.132. The molecule has 8 heteroatoms. The first-order chi connectivity index (χ1) is 10.8. The highest BCUT2D eigenvalue weighted by atomic mass is 32.2. The van der Waals surface area contributed by atoms with Gasteiger partial charge in [0.05, 0.1) is 5.25 Å². The summed E-state index contributed by atoms with van der Waals surface area (Å²) in [6, 6.07) is 0. The van der Waals surface area contributed by atoms with Crippen LogP contribution in [-0.2, 0) is 19.7 Å². The number of nitrogens with one attached hydrogen (secondary N) is 1. The molecule has 0 aliphatic heterocycles. The summed E-state index contributed by atoms with van der Waals surface area (Å²) in [6.45, 7) is 10.0. The lowest BCUT2D eigenvalue weighted by Gasteiger charge is -2.28. The van der Waals surface area contributed by atoms with Gasteiger partial charge in [0.2, 0.25) is 5.91 Å². The molecular formula is C16H27NO6S. The Morgan fingerprint density at radius 1 is 1.25 bits per heavy atom. The van der Waals surface area contributed by atoms with Crippen molar-refractivity contribution >= 4 is 22.0 Å². The van der Waals surface area contributed by atoms with Crippen LogP contribution in [0.25, 0.3) is 0 Å². The lowest BCUT2D eigenvalue weighted by atomic mass is 9.95. The Balaban J connectivity index is 4.82. The molecule has 3 N–H and O–H groups in total. The van der Waals surface area contributed by atoms with Crippen LogP contribution in [0.15, 0.2) is 23.8 Å². The molecule has 0 aliphatic carbocycles. The molecule has 0 bridgehead atoms. The lowest BCUT2D eigenvalue weighted by Crippen LogP contribution is -2.44. The highest BCUT2D eigenvalue weighted by Gasteiger charge is 2.27. The number of carboxylic acids is 1. The quantitative estimate of drug-likeness (QED) is 0.405. The molecule has 0 fully saturated rings. The Morgan fingerprint density at radius 2 is 1.79 bits per heavy atom. The van der Waals surface area contributed by atoms with Gasteiger partial charge in [0.1, 0.15) is 0 Å². The number of amides is 1. The van der Waals surface area contributed by atoms with E-state index in [0.29, 0.717) is 12.0 Å². The molecule has 0 saturated heterocycles. The van der Waals surface area contributed by atoms with E-state index >= 15 is 0 Å². The van der Waals surface area contributed by atoms with Gasteiger partial charge in [-0.1, -0.05) is 12.7 Å². The van der Waals surface area contributed by atoms with Crippen LogP contribution in [-0.4, -0.2) is 40.7 Å². The van der Waals surface area contributed by atoms with E-state index < -0.39 is 26.9 Å². The fourth-order valence-corrected chi connectivity index (χ4v) is 2.86. The van der Waals surface area contributed by atoms with Gasteiger partial charge >= 0.3 is 5.97 Å². The van der Waals surface area contributed by atoms with Gasteiger partial charge in [-0.3, -0.25) is 9.35 Å². The molecule has 0 aliphatic rings. The second-order valence-electron chi connectivity index (χ2n) is 6.56. The van der Waals surface area contributed by atoms with Gasteiger partial charge in [0.15, 0.2) is 0 Å². The molecule has 0 heterocycles. The third-order valence-electron chi connectivity index (χ3n) is 3.63. The average molecular weight is 361 g/mol. The first-order valence-electron chi connectivity index (χ1n) is 7.60. The van der Waals surface area contributed by atoms with Crippen LogP contribution < -0.4 is 5.32 Å². The van der Waals surface area contributed by atoms with Crippen molar-refractivity contribution in [1.82, 2.24) is 5.32 Å². The van der Waals surface area contributed by atoms with Gasteiger partial charge in [0, 0.05) is 16.7 Å². The van der Waals surface area contributed by atoms with Crippen molar-refractivity contribution in [1.29, 1.82) is 0 Å². The van der Waals surface area contributed by atoms with Crippen LogP contribution in [0.3, 0.4) is 0 Å². The minimum absolute atomic E-state index is 0.105. The smallest absolute Gasteiger partial charge is 0.330 e. The predicted molar refractivity (Wildman–Crippen MR) is 92.2 cm³/mol. The molecule has 1 unspecified atom stereocenters. The Hall–Kier alpha value is -1.67. The van der Waals surface area contributed by atoms with Crippen LogP contribution in [0, 0.1) is 0 Å². The number of aliphatic carboxylic acids is 1. The number of carbonyl (C=O) groups excluding carboxylic acids is 1. The van der Waals surface area contributed by atoms with E-state index in [1.807, 2.05) is 0 Å².